The van der Waals surface area contributed by atoms with Crippen molar-refractivity contribution in [3.63, 3.8) is 0 Å². The predicted octanol–water partition coefficient (Wildman–Crippen LogP) is 3.28. The van der Waals surface area contributed by atoms with Gasteiger partial charge in [-0.1, -0.05) is 11.5 Å². The molecule has 1 unspecified atom stereocenters. The predicted molar refractivity (Wildman–Crippen MR) is 145 cm³/mol. The number of alkyl halides is 3. The first-order chi connectivity index (χ1) is 20.4. The molecule has 1 fully saturated rings. The molecular formula is C27H39F3N2O10S. The van der Waals surface area contributed by atoms with Gasteiger partial charge in [0.1, 0.15) is 6.10 Å². The standard InChI is InChI=1S/C27H39F3N2O10S/c1-2-38-16-17-40-19-18-39-15-14-31-13-5-3-4-6-22(41-26(35)42-32-24(33)11-12-25(32)34)20-43(36,37)23-9-7-21(8-10-23)27(28,29)30/h7-10,22,31H,2-6,11-20H2,1H3. The Balaban J connectivity index is 1.80. The Kier molecular flexibility index (Phi) is 15.9. The number of nitrogens with one attached hydrogen (secondary N) is 1. The molecule has 1 saturated heterocycles. The summed E-state index contributed by atoms with van der Waals surface area (Å²) in [5, 5.41) is 3.48. The Morgan fingerprint density at radius 2 is 1.51 bits per heavy atom. The molecule has 43 heavy (non-hydrogen) atoms. The fourth-order valence-corrected chi connectivity index (χ4v) is 5.38. The number of sulfone groups is 1. The third-order valence-electron chi connectivity index (χ3n) is 6.13. The van der Waals surface area contributed by atoms with Crippen LogP contribution in [0.1, 0.15) is 51.0 Å². The number of hydrogen-bond acceptors (Lipinski definition) is 11. The molecule has 2 rings (SSSR count). The third kappa shape index (κ3) is 14.0. The summed E-state index contributed by atoms with van der Waals surface area (Å²) in [4.78, 5) is 40.0. The van der Waals surface area contributed by atoms with Crippen LogP contribution in [-0.2, 0) is 49.4 Å². The molecule has 1 aliphatic rings. The zero-order valence-corrected chi connectivity index (χ0v) is 24.9. The molecule has 2 amide bonds. The van der Waals surface area contributed by atoms with Gasteiger partial charge in [-0.25, -0.2) is 13.2 Å². The van der Waals surface area contributed by atoms with Crippen LogP contribution >= 0.6 is 0 Å². The van der Waals surface area contributed by atoms with Gasteiger partial charge in [-0.05, 0) is 57.0 Å². The lowest BCUT2D eigenvalue weighted by Crippen LogP contribution is -2.35. The van der Waals surface area contributed by atoms with Crippen LogP contribution in [-0.4, -0.2) is 96.0 Å². The minimum atomic E-state index is -4.64. The van der Waals surface area contributed by atoms with Crippen molar-refractivity contribution in [3.05, 3.63) is 29.8 Å². The van der Waals surface area contributed by atoms with E-state index in [0.29, 0.717) is 77.7 Å². The lowest BCUT2D eigenvalue weighted by molar-refractivity contribution is -0.178. The topological polar surface area (TPSA) is 147 Å². The number of unbranched alkanes of at least 4 members (excludes halogenated alkanes) is 2. The highest BCUT2D eigenvalue weighted by atomic mass is 32.2. The van der Waals surface area contributed by atoms with Crippen molar-refractivity contribution in [1.29, 1.82) is 0 Å². The number of benzene rings is 1. The van der Waals surface area contributed by atoms with Gasteiger partial charge >= 0.3 is 12.3 Å². The molecule has 0 saturated carbocycles. The maximum atomic E-state index is 12.9. The van der Waals surface area contributed by atoms with Gasteiger partial charge in [0.05, 0.1) is 49.2 Å². The van der Waals surface area contributed by atoms with Gasteiger partial charge in [0.15, 0.2) is 9.84 Å². The molecule has 244 valence electrons. The Morgan fingerprint density at radius 1 is 0.907 bits per heavy atom. The molecule has 0 bridgehead atoms. The number of carbonyl (C=O) groups is 3. The molecule has 1 atom stereocenters. The van der Waals surface area contributed by atoms with E-state index in [4.69, 9.17) is 18.9 Å². The van der Waals surface area contributed by atoms with Gasteiger partial charge < -0.3 is 24.3 Å². The number of imide groups is 1. The number of ether oxygens (including phenoxy) is 4. The number of hydroxylamine groups is 2. The van der Waals surface area contributed by atoms with Crippen LogP contribution in [0.3, 0.4) is 0 Å². The molecule has 1 aliphatic heterocycles. The summed E-state index contributed by atoms with van der Waals surface area (Å²) in [5.41, 5.74) is -1.01. The van der Waals surface area contributed by atoms with E-state index in [-0.39, 0.29) is 29.2 Å². The minimum Gasteiger partial charge on any atom is -0.428 e. The van der Waals surface area contributed by atoms with Gasteiger partial charge in [-0.3, -0.25) is 14.4 Å². The molecule has 1 N–H and O–H groups in total. The van der Waals surface area contributed by atoms with E-state index >= 15 is 0 Å². The van der Waals surface area contributed by atoms with Gasteiger partial charge in [0, 0.05) is 26.0 Å². The molecule has 1 aromatic carbocycles. The summed E-state index contributed by atoms with van der Waals surface area (Å²) in [5.74, 6) is -2.21. The molecule has 0 radical (unpaired) electrons. The monoisotopic (exact) mass is 640 g/mol. The number of nitrogens with zero attached hydrogens (tertiary/aromatic N) is 1. The van der Waals surface area contributed by atoms with Crippen molar-refractivity contribution in [2.24, 2.45) is 0 Å². The highest BCUT2D eigenvalue weighted by molar-refractivity contribution is 7.91. The Hall–Kier alpha value is -2.79. The highest BCUT2D eigenvalue weighted by Crippen LogP contribution is 2.30. The summed E-state index contributed by atoms with van der Waals surface area (Å²) in [6.45, 7) is 6.33. The SMILES string of the molecule is CCOCCOCCOCCNCCCCCC(CS(=O)(=O)c1ccc(C(F)(F)F)cc1)OC(=O)ON1C(=O)CCC1=O. The second-order valence-electron chi connectivity index (χ2n) is 9.49. The summed E-state index contributed by atoms with van der Waals surface area (Å²) in [6.07, 6.45) is -5.70. The van der Waals surface area contributed by atoms with Crippen LogP contribution in [0.5, 0.6) is 0 Å². The smallest absolute Gasteiger partial charge is 0.428 e. The lowest BCUT2D eigenvalue weighted by atomic mass is 10.1. The van der Waals surface area contributed by atoms with Crippen LogP contribution < -0.4 is 5.32 Å². The molecule has 0 aromatic heterocycles. The first-order valence-corrected chi connectivity index (χ1v) is 15.7. The lowest BCUT2D eigenvalue weighted by Gasteiger charge is -2.19. The minimum absolute atomic E-state index is 0.0866. The second-order valence-corrected chi connectivity index (χ2v) is 11.5. The van der Waals surface area contributed by atoms with Gasteiger partial charge in [0.2, 0.25) is 0 Å². The van der Waals surface area contributed by atoms with E-state index in [1.807, 2.05) is 6.92 Å². The van der Waals surface area contributed by atoms with E-state index < -0.39 is 51.4 Å². The van der Waals surface area contributed by atoms with Crippen molar-refractivity contribution in [3.8, 4) is 0 Å². The van der Waals surface area contributed by atoms with Crippen LogP contribution in [0, 0.1) is 0 Å². The van der Waals surface area contributed by atoms with Crippen LogP contribution in [0.2, 0.25) is 0 Å². The molecule has 16 heteroatoms. The number of amides is 2. The van der Waals surface area contributed by atoms with E-state index in [0.717, 1.165) is 18.6 Å². The average Bonchev–Trinajstić information content (AvgIpc) is 3.26. The maximum Gasteiger partial charge on any atom is 0.534 e. The van der Waals surface area contributed by atoms with E-state index in [1.54, 1.807) is 0 Å². The Labute approximate surface area is 249 Å². The van der Waals surface area contributed by atoms with Crippen molar-refractivity contribution < 1.29 is 59.8 Å². The number of carbonyl (C=O) groups excluding carboxylic acids is 3. The normalized spacial score (nSPS) is 14.7. The zero-order chi connectivity index (χ0) is 31.7. The summed E-state index contributed by atoms with van der Waals surface area (Å²) in [6, 6.07) is 2.97. The average molecular weight is 641 g/mol. The summed E-state index contributed by atoms with van der Waals surface area (Å²) < 4.78 is 85.6. The van der Waals surface area contributed by atoms with Crippen LogP contribution in [0.25, 0.3) is 0 Å². The van der Waals surface area contributed by atoms with Crippen LogP contribution in [0.15, 0.2) is 29.2 Å². The fraction of sp³-hybridized carbons (Fsp3) is 0.667. The molecule has 0 spiro atoms. The molecular weight excluding hydrogens is 601 g/mol. The van der Waals surface area contributed by atoms with Gasteiger partial charge in [0.25, 0.3) is 11.8 Å². The zero-order valence-electron chi connectivity index (χ0n) is 24.1. The number of halogens is 3. The van der Waals surface area contributed by atoms with E-state index in [1.165, 1.54) is 0 Å². The second kappa shape index (κ2) is 18.8. The van der Waals surface area contributed by atoms with E-state index in [9.17, 15) is 36.0 Å². The van der Waals surface area contributed by atoms with E-state index in [2.05, 4.69) is 10.2 Å². The Bertz CT molecular complexity index is 1100. The largest absolute Gasteiger partial charge is 0.534 e. The van der Waals surface area contributed by atoms with Gasteiger partial charge in [-0.15, -0.1) is 0 Å². The molecule has 0 aliphatic carbocycles. The van der Waals surface area contributed by atoms with Crippen molar-refractivity contribution in [1.82, 2.24) is 10.4 Å². The molecule has 1 heterocycles. The molecule has 1 aromatic rings. The quantitative estimate of drug-likeness (QED) is 0.120. The van der Waals surface area contributed by atoms with Crippen molar-refractivity contribution in [2.45, 2.75) is 62.6 Å². The number of rotatable bonds is 21. The van der Waals surface area contributed by atoms with Gasteiger partial charge in [-0.2, -0.15) is 13.2 Å². The fourth-order valence-electron chi connectivity index (χ4n) is 3.91. The number of hydrogen-bond donors (Lipinski definition) is 1. The molecule has 12 nitrogen and oxygen atoms in total. The van der Waals surface area contributed by atoms with Crippen molar-refractivity contribution >= 4 is 27.8 Å². The first-order valence-electron chi connectivity index (χ1n) is 14.0. The summed E-state index contributed by atoms with van der Waals surface area (Å²) >= 11 is 0. The first kappa shape index (κ1) is 36.4. The van der Waals surface area contributed by atoms with Crippen LogP contribution in [0.4, 0.5) is 18.0 Å². The maximum absolute atomic E-state index is 12.9. The van der Waals surface area contributed by atoms with Crippen molar-refractivity contribution in [2.75, 3.05) is 58.5 Å². The highest BCUT2D eigenvalue weighted by Gasteiger charge is 2.35. The third-order valence-corrected chi connectivity index (χ3v) is 7.93. The summed E-state index contributed by atoms with van der Waals surface area (Å²) in [7, 11) is -4.18. The Morgan fingerprint density at radius 3 is 2.12 bits per heavy atom.